The van der Waals surface area contributed by atoms with E-state index in [1.165, 1.54) is 6.20 Å². The molecule has 180 valence electrons. The smallest absolute Gasteiger partial charge is 0.314 e. The van der Waals surface area contributed by atoms with E-state index in [4.69, 9.17) is 4.74 Å². The Balaban J connectivity index is 1.16. The highest BCUT2D eigenvalue weighted by Gasteiger charge is 2.34. The summed E-state index contributed by atoms with van der Waals surface area (Å²) in [7, 11) is -1.94. The van der Waals surface area contributed by atoms with E-state index in [2.05, 4.69) is 14.8 Å². The molecule has 0 spiro atoms. The van der Waals surface area contributed by atoms with Crippen molar-refractivity contribution < 1.29 is 22.7 Å². The van der Waals surface area contributed by atoms with Gasteiger partial charge in [-0.15, -0.1) is 4.40 Å². The minimum Gasteiger partial charge on any atom is -0.426 e. The normalized spacial score (nSPS) is 16.9. The molecule has 1 saturated heterocycles. The van der Waals surface area contributed by atoms with Crippen molar-refractivity contribution in [3.63, 3.8) is 0 Å². The molecule has 2 aliphatic rings. The fraction of sp³-hybridized carbons (Fsp3) is 0.250. The van der Waals surface area contributed by atoms with E-state index >= 15 is 0 Å². The van der Waals surface area contributed by atoms with Gasteiger partial charge < -0.3 is 15.0 Å². The summed E-state index contributed by atoms with van der Waals surface area (Å²) in [4.78, 5) is 27.1. The standard InChI is InChI=1S/C24H23N5O5S/c1-28-15-17(14-25-28)23(30)26-18-6-8-19(9-7-18)34-24(31)16-10-12-29(13-11-16)22-20-4-2-3-5-21(20)35(32,33)27-22/h2-9,14-16H,10-13H2,1H3,(H,26,30). The van der Waals surface area contributed by atoms with Crippen molar-refractivity contribution in [1.29, 1.82) is 0 Å². The van der Waals surface area contributed by atoms with Crippen molar-refractivity contribution in [2.45, 2.75) is 17.7 Å². The van der Waals surface area contributed by atoms with Gasteiger partial charge in [-0.2, -0.15) is 13.5 Å². The number of benzene rings is 2. The molecule has 2 aromatic carbocycles. The second kappa shape index (κ2) is 8.99. The Morgan fingerprint density at radius 2 is 1.77 bits per heavy atom. The van der Waals surface area contributed by atoms with Gasteiger partial charge in [0.2, 0.25) is 0 Å². The number of carbonyl (C=O) groups is 2. The Hall–Kier alpha value is -3.99. The molecule has 2 aliphatic heterocycles. The monoisotopic (exact) mass is 493 g/mol. The van der Waals surface area contributed by atoms with E-state index in [9.17, 15) is 18.0 Å². The first kappa shape index (κ1) is 22.8. The van der Waals surface area contributed by atoms with Crippen molar-refractivity contribution in [2.24, 2.45) is 17.4 Å². The van der Waals surface area contributed by atoms with Crippen LogP contribution in [0.25, 0.3) is 0 Å². The van der Waals surface area contributed by atoms with Gasteiger partial charge in [0.25, 0.3) is 15.9 Å². The van der Waals surface area contributed by atoms with Crippen LogP contribution in [-0.2, 0) is 21.9 Å². The third kappa shape index (κ3) is 4.67. The third-order valence-electron chi connectivity index (χ3n) is 6.04. The fourth-order valence-corrected chi connectivity index (χ4v) is 5.42. The molecule has 1 aromatic heterocycles. The average molecular weight is 494 g/mol. The van der Waals surface area contributed by atoms with Crippen LogP contribution in [0.3, 0.4) is 0 Å². The van der Waals surface area contributed by atoms with Crippen LogP contribution in [-0.4, -0.2) is 53.9 Å². The number of nitrogens with zero attached hydrogens (tertiary/aromatic N) is 4. The van der Waals surface area contributed by atoms with E-state index in [1.807, 2.05) is 4.90 Å². The molecule has 0 bridgehead atoms. The van der Waals surface area contributed by atoms with Crippen LogP contribution in [0, 0.1) is 5.92 Å². The molecule has 35 heavy (non-hydrogen) atoms. The van der Waals surface area contributed by atoms with Crippen molar-refractivity contribution in [3.05, 3.63) is 72.1 Å². The molecule has 1 N–H and O–H groups in total. The molecule has 5 rings (SSSR count). The lowest BCUT2D eigenvalue weighted by atomic mass is 9.96. The van der Waals surface area contributed by atoms with Gasteiger partial charge in [0.15, 0.2) is 5.84 Å². The highest BCUT2D eigenvalue weighted by Crippen LogP contribution is 2.30. The number of hydrogen-bond donors (Lipinski definition) is 1. The van der Waals surface area contributed by atoms with Crippen LogP contribution in [0.2, 0.25) is 0 Å². The number of ether oxygens (including phenoxy) is 1. The molecule has 1 amide bonds. The lowest BCUT2D eigenvalue weighted by Gasteiger charge is -2.32. The highest BCUT2D eigenvalue weighted by atomic mass is 32.2. The Kier molecular flexibility index (Phi) is 5.85. The van der Waals surface area contributed by atoms with Crippen LogP contribution < -0.4 is 10.1 Å². The maximum atomic E-state index is 12.7. The van der Waals surface area contributed by atoms with Gasteiger partial charge in [-0.1, -0.05) is 12.1 Å². The molecule has 3 aromatic rings. The Bertz CT molecular complexity index is 1420. The maximum absolute atomic E-state index is 12.7. The quantitative estimate of drug-likeness (QED) is 0.437. The van der Waals surface area contributed by atoms with Crippen LogP contribution in [0.5, 0.6) is 5.75 Å². The number of amides is 1. The number of nitrogens with one attached hydrogen (secondary N) is 1. The molecule has 0 unspecified atom stereocenters. The molecule has 0 atom stereocenters. The molecule has 3 heterocycles. The van der Waals surface area contributed by atoms with Crippen molar-refractivity contribution >= 4 is 33.4 Å². The van der Waals surface area contributed by atoms with Crippen LogP contribution >= 0.6 is 0 Å². The van der Waals surface area contributed by atoms with Crippen LogP contribution in [0.1, 0.15) is 28.8 Å². The van der Waals surface area contributed by atoms with Crippen molar-refractivity contribution in [2.75, 3.05) is 18.4 Å². The van der Waals surface area contributed by atoms with Gasteiger partial charge in [-0.3, -0.25) is 14.3 Å². The van der Waals surface area contributed by atoms with Gasteiger partial charge in [0.1, 0.15) is 10.6 Å². The number of piperidine rings is 1. The van der Waals surface area contributed by atoms with Gasteiger partial charge in [0, 0.05) is 37.6 Å². The number of amidine groups is 1. The number of hydrogen-bond acceptors (Lipinski definition) is 7. The fourth-order valence-electron chi connectivity index (χ4n) is 4.19. The summed E-state index contributed by atoms with van der Waals surface area (Å²) in [6.45, 7) is 1.00. The largest absolute Gasteiger partial charge is 0.426 e. The zero-order valence-electron chi connectivity index (χ0n) is 18.9. The first-order valence-corrected chi connectivity index (χ1v) is 12.6. The maximum Gasteiger partial charge on any atom is 0.314 e. The van der Waals surface area contributed by atoms with E-state index in [-0.39, 0.29) is 22.7 Å². The molecular formula is C24H23N5O5S. The second-order valence-corrected chi connectivity index (χ2v) is 10.0. The summed E-state index contributed by atoms with van der Waals surface area (Å²) >= 11 is 0. The molecule has 0 aliphatic carbocycles. The third-order valence-corrected chi connectivity index (χ3v) is 7.36. The number of rotatable bonds is 4. The number of anilines is 1. The van der Waals surface area contributed by atoms with Gasteiger partial charge in [-0.05, 0) is 49.2 Å². The Morgan fingerprint density at radius 1 is 1.06 bits per heavy atom. The molecule has 10 nitrogen and oxygen atoms in total. The lowest BCUT2D eigenvalue weighted by molar-refractivity contribution is -0.140. The zero-order chi connectivity index (χ0) is 24.6. The predicted octanol–water partition coefficient (Wildman–Crippen LogP) is 2.44. The summed E-state index contributed by atoms with van der Waals surface area (Å²) in [5, 5.41) is 6.74. The van der Waals surface area contributed by atoms with Crippen LogP contribution in [0.15, 0.2) is 70.2 Å². The van der Waals surface area contributed by atoms with Gasteiger partial charge in [-0.25, -0.2) is 0 Å². The van der Waals surface area contributed by atoms with E-state index in [0.29, 0.717) is 54.3 Å². The van der Waals surface area contributed by atoms with Crippen molar-refractivity contribution in [3.8, 4) is 5.75 Å². The molecule has 0 radical (unpaired) electrons. The number of carbonyl (C=O) groups excluding carboxylic acids is 2. The molecular weight excluding hydrogens is 470 g/mol. The number of esters is 1. The Labute approximate surface area is 202 Å². The SMILES string of the molecule is Cn1cc(C(=O)Nc2ccc(OC(=O)C3CCN(C4=NS(=O)(=O)c5ccccc54)CC3)cc2)cn1. The molecule has 1 fully saturated rings. The predicted molar refractivity (Wildman–Crippen MR) is 128 cm³/mol. The molecule has 11 heteroatoms. The Morgan fingerprint density at radius 3 is 2.46 bits per heavy atom. The van der Waals surface area contributed by atoms with E-state index in [0.717, 1.165) is 0 Å². The lowest BCUT2D eigenvalue weighted by Crippen LogP contribution is -2.41. The first-order valence-electron chi connectivity index (χ1n) is 11.1. The summed E-state index contributed by atoms with van der Waals surface area (Å²) in [5.41, 5.74) is 1.61. The number of aromatic nitrogens is 2. The van der Waals surface area contributed by atoms with Gasteiger partial charge in [0.05, 0.1) is 17.7 Å². The summed E-state index contributed by atoms with van der Waals surface area (Å²) < 4.78 is 35.7. The second-order valence-electron chi connectivity index (χ2n) is 8.45. The van der Waals surface area contributed by atoms with Crippen molar-refractivity contribution in [1.82, 2.24) is 14.7 Å². The highest BCUT2D eigenvalue weighted by molar-refractivity contribution is 7.90. The van der Waals surface area contributed by atoms with E-state index < -0.39 is 10.0 Å². The first-order chi connectivity index (χ1) is 16.8. The molecule has 0 saturated carbocycles. The minimum absolute atomic E-state index is 0.219. The number of likely N-dealkylation sites (tertiary alicyclic amines) is 1. The van der Waals surface area contributed by atoms with E-state index in [1.54, 1.807) is 66.5 Å². The average Bonchev–Trinajstić information content (AvgIpc) is 3.41. The van der Waals surface area contributed by atoms with Crippen LogP contribution in [0.4, 0.5) is 5.69 Å². The topological polar surface area (TPSA) is 123 Å². The van der Waals surface area contributed by atoms with Gasteiger partial charge >= 0.3 is 5.97 Å². The zero-order valence-corrected chi connectivity index (χ0v) is 19.7. The minimum atomic E-state index is -3.68. The summed E-state index contributed by atoms with van der Waals surface area (Å²) in [5.74, 6) is -0.0894. The number of sulfonamides is 1. The summed E-state index contributed by atoms with van der Waals surface area (Å²) in [6, 6.07) is 13.4. The summed E-state index contributed by atoms with van der Waals surface area (Å²) in [6.07, 6.45) is 4.15. The number of aryl methyl sites for hydroxylation is 1. The number of fused-ring (bicyclic) bond motifs is 1.